The Morgan fingerprint density at radius 3 is 2.55 bits per heavy atom. The number of sulfonamides is 1. The van der Waals surface area contributed by atoms with Gasteiger partial charge in [0.15, 0.2) is 0 Å². The van der Waals surface area contributed by atoms with Gasteiger partial charge in [-0.15, -0.1) is 0 Å². The molecular formula is C20H22ClFN2O4S. The highest BCUT2D eigenvalue weighted by Gasteiger charge is 2.34. The van der Waals surface area contributed by atoms with Crippen LogP contribution in [-0.2, 0) is 21.3 Å². The number of nitrogens with zero attached hydrogens (tertiary/aromatic N) is 2. The molecule has 0 atom stereocenters. The van der Waals surface area contributed by atoms with Crippen LogP contribution in [0.15, 0.2) is 36.5 Å². The van der Waals surface area contributed by atoms with Gasteiger partial charge in [0.25, 0.3) is 0 Å². The lowest BCUT2D eigenvalue weighted by atomic mass is 10.0. The maximum atomic E-state index is 13.6. The van der Waals surface area contributed by atoms with Gasteiger partial charge in [-0.1, -0.05) is 30.9 Å². The van der Waals surface area contributed by atoms with E-state index in [9.17, 15) is 17.6 Å². The van der Waals surface area contributed by atoms with Crippen molar-refractivity contribution in [3.8, 4) is 0 Å². The first-order valence-electron chi connectivity index (χ1n) is 9.33. The van der Waals surface area contributed by atoms with Crippen molar-refractivity contribution in [2.45, 2.75) is 43.9 Å². The molecule has 0 amide bonds. The zero-order chi connectivity index (χ0) is 21.0. The molecule has 2 aromatic rings. The molecule has 0 bridgehead atoms. The second-order valence-electron chi connectivity index (χ2n) is 6.94. The normalized spacial score (nSPS) is 15.1. The number of esters is 1. The van der Waals surface area contributed by atoms with Crippen molar-refractivity contribution in [3.63, 3.8) is 0 Å². The van der Waals surface area contributed by atoms with E-state index in [0.717, 1.165) is 25.3 Å². The topological polar surface area (TPSA) is 76.6 Å². The second-order valence-corrected chi connectivity index (χ2v) is 9.48. The number of hydrogen-bond acceptors (Lipinski definition) is 5. The van der Waals surface area contributed by atoms with Gasteiger partial charge in [-0.05, 0) is 43.2 Å². The summed E-state index contributed by atoms with van der Waals surface area (Å²) in [4.78, 5) is 15.8. The Morgan fingerprint density at radius 1 is 1.24 bits per heavy atom. The summed E-state index contributed by atoms with van der Waals surface area (Å²) in [5, 5.41) is -0.658. The van der Waals surface area contributed by atoms with Gasteiger partial charge in [-0.3, -0.25) is 9.29 Å². The SMILES string of the molecule is COC(=O)c1ccc(CN(c2ccc(F)c(Cl)c2)S(=O)(=O)C2CCCCC2)nc1. The molecule has 0 N–H and O–H groups in total. The Kier molecular flexibility index (Phi) is 6.74. The van der Waals surface area contributed by atoms with E-state index >= 15 is 0 Å². The molecule has 1 fully saturated rings. The average molecular weight is 441 g/mol. The molecule has 0 saturated heterocycles. The maximum Gasteiger partial charge on any atom is 0.339 e. The number of halogens is 2. The van der Waals surface area contributed by atoms with Crippen LogP contribution in [0.4, 0.5) is 10.1 Å². The van der Waals surface area contributed by atoms with Crippen LogP contribution in [0.1, 0.15) is 48.2 Å². The summed E-state index contributed by atoms with van der Waals surface area (Å²) >= 11 is 5.90. The van der Waals surface area contributed by atoms with Crippen LogP contribution in [-0.4, -0.2) is 31.7 Å². The van der Waals surface area contributed by atoms with Crippen molar-refractivity contribution in [3.05, 3.63) is 58.6 Å². The Hall–Kier alpha value is -2.19. The minimum Gasteiger partial charge on any atom is -0.465 e. The first-order chi connectivity index (χ1) is 13.8. The van der Waals surface area contributed by atoms with Crippen LogP contribution in [0.3, 0.4) is 0 Å². The summed E-state index contributed by atoms with van der Waals surface area (Å²) in [5.41, 5.74) is 0.987. The van der Waals surface area contributed by atoms with E-state index in [0.29, 0.717) is 18.5 Å². The standard InChI is InChI=1S/C20H22ClFN2O4S/c1-28-20(25)14-7-8-15(23-12-14)13-24(16-9-10-19(22)18(21)11-16)29(26,27)17-5-3-2-4-6-17/h7-12,17H,2-6,13H2,1H3. The fraction of sp³-hybridized carbons (Fsp3) is 0.400. The molecule has 29 heavy (non-hydrogen) atoms. The van der Waals surface area contributed by atoms with Gasteiger partial charge in [0.2, 0.25) is 10.0 Å². The molecule has 1 aliphatic carbocycles. The molecule has 0 radical (unpaired) electrons. The van der Waals surface area contributed by atoms with Crippen molar-refractivity contribution in [2.24, 2.45) is 0 Å². The first-order valence-corrected chi connectivity index (χ1v) is 11.2. The largest absolute Gasteiger partial charge is 0.465 e. The van der Waals surface area contributed by atoms with Crippen molar-refractivity contribution in [1.82, 2.24) is 4.98 Å². The summed E-state index contributed by atoms with van der Waals surface area (Å²) in [6, 6.07) is 6.94. The lowest BCUT2D eigenvalue weighted by molar-refractivity contribution is 0.0600. The number of methoxy groups -OCH3 is 1. The predicted molar refractivity (Wildman–Crippen MR) is 109 cm³/mol. The van der Waals surface area contributed by atoms with Crippen LogP contribution in [0.5, 0.6) is 0 Å². The van der Waals surface area contributed by atoms with Gasteiger partial charge in [0.05, 0.1) is 40.9 Å². The monoisotopic (exact) mass is 440 g/mol. The molecule has 0 spiro atoms. The highest BCUT2D eigenvalue weighted by atomic mass is 35.5. The number of carbonyl (C=O) groups excluding carboxylic acids is 1. The summed E-state index contributed by atoms with van der Waals surface area (Å²) in [6.07, 6.45) is 5.24. The molecule has 6 nitrogen and oxygen atoms in total. The molecule has 0 aliphatic heterocycles. The number of aromatic nitrogens is 1. The van der Waals surface area contributed by atoms with Crippen molar-refractivity contribution in [1.29, 1.82) is 0 Å². The number of ether oxygens (including phenoxy) is 1. The average Bonchev–Trinajstić information content (AvgIpc) is 2.74. The van der Waals surface area contributed by atoms with Crippen LogP contribution < -0.4 is 4.31 Å². The number of hydrogen-bond donors (Lipinski definition) is 0. The van der Waals surface area contributed by atoms with Crippen molar-refractivity contribution in [2.75, 3.05) is 11.4 Å². The fourth-order valence-corrected chi connectivity index (χ4v) is 5.60. The van der Waals surface area contributed by atoms with E-state index in [-0.39, 0.29) is 22.8 Å². The number of rotatable bonds is 6. The van der Waals surface area contributed by atoms with Gasteiger partial charge in [0, 0.05) is 6.20 Å². The third kappa shape index (κ3) is 4.87. The van der Waals surface area contributed by atoms with E-state index in [1.807, 2.05) is 0 Å². The highest BCUT2D eigenvalue weighted by Crippen LogP contribution is 2.32. The van der Waals surface area contributed by atoms with E-state index in [4.69, 9.17) is 11.6 Å². The Labute approximate surface area is 174 Å². The molecule has 3 rings (SSSR count). The van der Waals surface area contributed by atoms with Gasteiger partial charge in [-0.2, -0.15) is 0 Å². The van der Waals surface area contributed by atoms with Gasteiger partial charge in [-0.25, -0.2) is 17.6 Å². The van der Waals surface area contributed by atoms with Crippen molar-refractivity contribution >= 4 is 33.3 Å². The molecule has 1 saturated carbocycles. The Morgan fingerprint density at radius 2 is 1.97 bits per heavy atom. The molecule has 9 heteroatoms. The summed E-state index contributed by atoms with van der Waals surface area (Å²) in [6.45, 7) is -0.0533. The maximum absolute atomic E-state index is 13.6. The number of pyridine rings is 1. The summed E-state index contributed by atoms with van der Waals surface area (Å²) in [7, 11) is -2.44. The number of anilines is 1. The lowest BCUT2D eigenvalue weighted by Crippen LogP contribution is -2.39. The Bertz CT molecular complexity index is 976. The smallest absolute Gasteiger partial charge is 0.339 e. The molecule has 156 valence electrons. The molecule has 1 aromatic carbocycles. The van der Waals surface area contributed by atoms with Gasteiger partial charge in [0.1, 0.15) is 5.82 Å². The van der Waals surface area contributed by atoms with Crippen LogP contribution in [0.2, 0.25) is 5.02 Å². The zero-order valence-electron chi connectivity index (χ0n) is 16.0. The molecule has 1 aliphatic rings. The first kappa shape index (κ1) is 21.5. The van der Waals surface area contributed by atoms with Crippen LogP contribution in [0.25, 0.3) is 0 Å². The highest BCUT2D eigenvalue weighted by molar-refractivity contribution is 7.93. The van der Waals surface area contributed by atoms with Gasteiger partial charge < -0.3 is 4.74 Å². The van der Waals surface area contributed by atoms with Crippen molar-refractivity contribution < 1.29 is 22.3 Å². The quantitative estimate of drug-likeness (QED) is 0.625. The third-order valence-electron chi connectivity index (χ3n) is 5.02. The third-order valence-corrected chi connectivity index (χ3v) is 7.58. The molecular weight excluding hydrogens is 419 g/mol. The van der Waals surface area contributed by atoms with E-state index in [1.54, 1.807) is 6.07 Å². The lowest BCUT2D eigenvalue weighted by Gasteiger charge is -2.31. The van der Waals surface area contributed by atoms with Crippen LogP contribution in [0, 0.1) is 5.82 Å². The summed E-state index contributed by atoms with van der Waals surface area (Å²) < 4.78 is 46.3. The minimum absolute atomic E-state index is 0.0533. The van der Waals surface area contributed by atoms with Gasteiger partial charge >= 0.3 is 5.97 Å². The fourth-order valence-electron chi connectivity index (χ4n) is 3.42. The van der Waals surface area contributed by atoms with Crippen LogP contribution >= 0.6 is 11.6 Å². The summed E-state index contributed by atoms with van der Waals surface area (Å²) in [5.74, 6) is -1.15. The molecule has 1 heterocycles. The Balaban J connectivity index is 1.96. The number of benzene rings is 1. The number of carbonyl (C=O) groups is 1. The van der Waals surface area contributed by atoms with E-state index in [1.165, 1.54) is 35.8 Å². The molecule has 0 unspecified atom stereocenters. The van der Waals surface area contributed by atoms with E-state index in [2.05, 4.69) is 9.72 Å². The van der Waals surface area contributed by atoms with E-state index < -0.39 is 27.1 Å². The zero-order valence-corrected chi connectivity index (χ0v) is 17.5. The second kappa shape index (κ2) is 9.09. The minimum atomic E-state index is -3.72. The predicted octanol–water partition coefficient (Wildman–Crippen LogP) is 4.33. The molecule has 1 aromatic heterocycles.